The van der Waals surface area contributed by atoms with Crippen molar-refractivity contribution in [1.29, 1.82) is 0 Å². The van der Waals surface area contributed by atoms with Crippen molar-refractivity contribution in [3.8, 4) is 0 Å². The second-order valence-corrected chi connectivity index (χ2v) is 6.85. The van der Waals surface area contributed by atoms with Crippen molar-refractivity contribution in [2.75, 3.05) is 5.32 Å². The molecule has 0 atom stereocenters. The number of anilines is 1. The topological polar surface area (TPSA) is 53.6 Å². The minimum absolute atomic E-state index is 0.0339. The summed E-state index contributed by atoms with van der Waals surface area (Å²) in [7, 11) is 0. The summed E-state index contributed by atoms with van der Waals surface area (Å²) in [4.78, 5) is 12.3. The van der Waals surface area contributed by atoms with Crippen molar-refractivity contribution >= 4 is 28.3 Å². The van der Waals surface area contributed by atoms with Crippen LogP contribution in [0.2, 0.25) is 0 Å². The standard InChI is InChI=1S/C20H22N4/c1-13(20(3,4)5)16-11-21-19-18(16)24-17(12-22-19)23-14(2)15-9-7-6-8-10-15/h6-12H,1-2H2,3-5H3,(H,21,22)(H,23,24). The third-order valence-corrected chi connectivity index (χ3v) is 4.01. The Labute approximate surface area is 142 Å². The molecule has 0 amide bonds. The van der Waals surface area contributed by atoms with E-state index in [0.29, 0.717) is 5.82 Å². The summed E-state index contributed by atoms with van der Waals surface area (Å²) in [6, 6.07) is 9.95. The number of benzene rings is 1. The van der Waals surface area contributed by atoms with E-state index in [-0.39, 0.29) is 5.41 Å². The molecule has 0 aliphatic heterocycles. The molecule has 24 heavy (non-hydrogen) atoms. The number of hydrogen-bond donors (Lipinski definition) is 2. The van der Waals surface area contributed by atoms with E-state index >= 15 is 0 Å². The van der Waals surface area contributed by atoms with Gasteiger partial charge in [-0.15, -0.1) is 0 Å². The van der Waals surface area contributed by atoms with Crippen LogP contribution in [-0.2, 0) is 0 Å². The van der Waals surface area contributed by atoms with Crippen LogP contribution in [0.5, 0.6) is 0 Å². The maximum Gasteiger partial charge on any atom is 0.156 e. The van der Waals surface area contributed by atoms with Gasteiger partial charge in [0, 0.05) is 17.5 Å². The van der Waals surface area contributed by atoms with E-state index in [2.05, 4.69) is 49.2 Å². The Morgan fingerprint density at radius 3 is 2.50 bits per heavy atom. The Morgan fingerprint density at radius 2 is 1.83 bits per heavy atom. The fraction of sp³-hybridized carbons (Fsp3) is 0.200. The zero-order chi connectivity index (χ0) is 17.3. The molecule has 0 saturated heterocycles. The molecule has 4 nitrogen and oxygen atoms in total. The summed E-state index contributed by atoms with van der Waals surface area (Å²) >= 11 is 0. The maximum absolute atomic E-state index is 4.71. The van der Waals surface area contributed by atoms with E-state index in [1.54, 1.807) is 6.20 Å². The van der Waals surface area contributed by atoms with Crippen LogP contribution in [0.1, 0.15) is 31.9 Å². The second kappa shape index (κ2) is 5.96. The van der Waals surface area contributed by atoms with E-state index in [0.717, 1.165) is 33.6 Å². The van der Waals surface area contributed by atoms with Gasteiger partial charge in [0.1, 0.15) is 11.3 Å². The van der Waals surface area contributed by atoms with Gasteiger partial charge in [-0.25, -0.2) is 9.97 Å². The van der Waals surface area contributed by atoms with E-state index in [1.807, 2.05) is 36.5 Å². The number of nitrogens with zero attached hydrogens (tertiary/aromatic N) is 2. The van der Waals surface area contributed by atoms with Crippen LogP contribution in [0.15, 0.2) is 55.9 Å². The van der Waals surface area contributed by atoms with Gasteiger partial charge in [-0.1, -0.05) is 64.3 Å². The predicted octanol–water partition coefficient (Wildman–Crippen LogP) is 5.10. The van der Waals surface area contributed by atoms with Gasteiger partial charge in [0.15, 0.2) is 5.65 Å². The zero-order valence-electron chi connectivity index (χ0n) is 14.4. The normalized spacial score (nSPS) is 11.5. The Balaban J connectivity index is 1.94. The number of H-pyrrole nitrogens is 1. The summed E-state index contributed by atoms with van der Waals surface area (Å²) in [5.74, 6) is 0.666. The van der Waals surface area contributed by atoms with Gasteiger partial charge in [-0.05, 0) is 16.6 Å². The van der Waals surface area contributed by atoms with E-state index < -0.39 is 0 Å². The van der Waals surface area contributed by atoms with Gasteiger partial charge in [0.2, 0.25) is 0 Å². The fourth-order valence-corrected chi connectivity index (χ4v) is 2.45. The minimum atomic E-state index is -0.0339. The van der Waals surface area contributed by atoms with E-state index in [9.17, 15) is 0 Å². The van der Waals surface area contributed by atoms with Crippen molar-refractivity contribution in [3.63, 3.8) is 0 Å². The number of hydrogen-bond acceptors (Lipinski definition) is 3. The van der Waals surface area contributed by atoms with Gasteiger partial charge in [-0.2, -0.15) is 0 Å². The number of nitrogens with one attached hydrogen (secondary N) is 2. The lowest BCUT2D eigenvalue weighted by atomic mass is 9.84. The Kier molecular flexibility index (Phi) is 3.97. The quantitative estimate of drug-likeness (QED) is 0.703. The molecule has 122 valence electrons. The molecule has 2 N–H and O–H groups in total. The second-order valence-electron chi connectivity index (χ2n) is 6.85. The molecular weight excluding hydrogens is 296 g/mol. The first-order valence-corrected chi connectivity index (χ1v) is 7.91. The van der Waals surface area contributed by atoms with Crippen molar-refractivity contribution in [2.24, 2.45) is 5.41 Å². The lowest BCUT2D eigenvalue weighted by Gasteiger charge is -2.21. The highest BCUT2D eigenvalue weighted by Gasteiger charge is 2.20. The zero-order valence-corrected chi connectivity index (χ0v) is 14.4. The molecule has 0 bridgehead atoms. The number of allylic oxidation sites excluding steroid dienone is 1. The average molecular weight is 318 g/mol. The number of aromatic amines is 1. The van der Waals surface area contributed by atoms with Crippen LogP contribution >= 0.6 is 0 Å². The minimum Gasteiger partial charge on any atom is -0.344 e. The fourth-order valence-electron chi connectivity index (χ4n) is 2.45. The summed E-state index contributed by atoms with van der Waals surface area (Å²) in [6.07, 6.45) is 3.63. The van der Waals surface area contributed by atoms with Crippen molar-refractivity contribution < 1.29 is 0 Å². The van der Waals surface area contributed by atoms with E-state index in [1.165, 1.54) is 0 Å². The molecule has 1 aromatic carbocycles. The molecule has 3 aromatic rings. The highest BCUT2D eigenvalue weighted by atomic mass is 15.0. The first kappa shape index (κ1) is 16.0. The van der Waals surface area contributed by atoms with E-state index in [4.69, 9.17) is 4.98 Å². The Hall–Kier alpha value is -2.88. The molecule has 0 aliphatic carbocycles. The molecule has 3 rings (SSSR count). The summed E-state index contributed by atoms with van der Waals surface area (Å²) in [5, 5.41) is 3.23. The summed E-state index contributed by atoms with van der Waals surface area (Å²) < 4.78 is 0. The molecule has 0 unspecified atom stereocenters. The number of aromatic nitrogens is 3. The molecule has 0 saturated carbocycles. The molecule has 0 radical (unpaired) electrons. The average Bonchev–Trinajstić information content (AvgIpc) is 2.97. The lowest BCUT2D eigenvalue weighted by Crippen LogP contribution is -2.07. The highest BCUT2D eigenvalue weighted by molar-refractivity contribution is 5.89. The van der Waals surface area contributed by atoms with Gasteiger partial charge in [-0.3, -0.25) is 0 Å². The van der Waals surface area contributed by atoms with Crippen molar-refractivity contribution in [3.05, 3.63) is 67.0 Å². The first-order valence-electron chi connectivity index (χ1n) is 7.91. The van der Waals surface area contributed by atoms with Crippen LogP contribution in [0.4, 0.5) is 5.82 Å². The summed E-state index contributed by atoms with van der Waals surface area (Å²) in [5.41, 5.74) is 5.38. The van der Waals surface area contributed by atoms with Crippen molar-refractivity contribution in [1.82, 2.24) is 15.0 Å². The molecule has 2 heterocycles. The third-order valence-electron chi connectivity index (χ3n) is 4.01. The molecule has 0 aliphatic rings. The molecular formula is C20H22N4. The lowest BCUT2D eigenvalue weighted by molar-refractivity contribution is 0.568. The maximum atomic E-state index is 4.71. The van der Waals surface area contributed by atoms with Crippen LogP contribution in [-0.4, -0.2) is 15.0 Å². The van der Waals surface area contributed by atoms with Gasteiger partial charge >= 0.3 is 0 Å². The SMILES string of the molecule is C=C(Nc1cnc2[nH]cc(C(=C)C(C)(C)C)c2n1)c1ccccc1. The molecule has 4 heteroatoms. The largest absolute Gasteiger partial charge is 0.344 e. The third kappa shape index (κ3) is 3.08. The molecule has 2 aromatic heterocycles. The molecule has 0 spiro atoms. The van der Waals surface area contributed by atoms with Gasteiger partial charge < -0.3 is 10.3 Å². The number of rotatable bonds is 4. The van der Waals surface area contributed by atoms with Gasteiger partial charge in [0.25, 0.3) is 0 Å². The van der Waals surface area contributed by atoms with Crippen LogP contribution in [0.3, 0.4) is 0 Å². The number of fused-ring (bicyclic) bond motifs is 1. The monoisotopic (exact) mass is 318 g/mol. The van der Waals surface area contributed by atoms with Crippen LogP contribution in [0, 0.1) is 5.41 Å². The smallest absolute Gasteiger partial charge is 0.156 e. The van der Waals surface area contributed by atoms with Gasteiger partial charge in [0.05, 0.1) is 6.20 Å². The predicted molar refractivity (Wildman–Crippen MR) is 101 cm³/mol. The highest BCUT2D eigenvalue weighted by Crippen LogP contribution is 2.35. The Morgan fingerprint density at radius 1 is 1.12 bits per heavy atom. The van der Waals surface area contributed by atoms with Crippen LogP contribution in [0.25, 0.3) is 22.4 Å². The first-order chi connectivity index (χ1) is 11.4. The molecule has 0 fully saturated rings. The summed E-state index contributed by atoms with van der Waals surface area (Å²) in [6.45, 7) is 14.7. The van der Waals surface area contributed by atoms with Crippen LogP contribution < -0.4 is 5.32 Å². The Bertz CT molecular complexity index is 898. The van der Waals surface area contributed by atoms with Crippen molar-refractivity contribution in [2.45, 2.75) is 20.8 Å².